The zero-order chi connectivity index (χ0) is 21.8. The van der Waals surface area contributed by atoms with Crippen LogP contribution in [0.3, 0.4) is 0 Å². The van der Waals surface area contributed by atoms with Gasteiger partial charge in [0.15, 0.2) is 0 Å². The Morgan fingerprint density at radius 2 is 1.23 bits per heavy atom. The van der Waals surface area contributed by atoms with Crippen molar-refractivity contribution >= 4 is 13.3 Å². The maximum atomic E-state index is 6.35. The molecule has 1 heteroatoms. The number of rotatable bonds is 2. The first-order valence-electron chi connectivity index (χ1n) is 11.0. The molecule has 5 rings (SSSR count). The summed E-state index contributed by atoms with van der Waals surface area (Å²) in [6.45, 7) is 8.93. The molecule has 0 saturated carbocycles. The van der Waals surface area contributed by atoms with Crippen LogP contribution in [0.1, 0.15) is 54.2 Å². The topological polar surface area (TPSA) is 0 Å². The van der Waals surface area contributed by atoms with Crippen LogP contribution >= 0.6 is 0 Å². The Balaban J connectivity index is 1.89. The first kappa shape index (κ1) is 19.9. The monoisotopic (exact) mass is 398 g/mol. The Bertz CT molecular complexity index is 1260. The molecule has 0 spiro atoms. The van der Waals surface area contributed by atoms with Gasteiger partial charge in [-0.05, 0) is 51.3 Å². The fourth-order valence-electron chi connectivity index (χ4n) is 5.11. The number of hydrogen-bond acceptors (Lipinski definition) is 0. The van der Waals surface area contributed by atoms with E-state index in [2.05, 4.69) is 113 Å². The van der Waals surface area contributed by atoms with Crippen molar-refractivity contribution < 1.29 is 0 Å². The van der Waals surface area contributed by atoms with Gasteiger partial charge in [-0.15, -0.1) is 0 Å². The molecule has 0 aromatic heterocycles. The summed E-state index contributed by atoms with van der Waals surface area (Å²) in [5, 5.41) is 0. The van der Waals surface area contributed by atoms with Crippen LogP contribution in [0.2, 0.25) is 0 Å². The van der Waals surface area contributed by atoms with Gasteiger partial charge in [0, 0.05) is 0 Å². The predicted molar refractivity (Wildman–Crippen MR) is 133 cm³/mol. The van der Waals surface area contributed by atoms with Gasteiger partial charge in [-0.2, -0.15) is 0 Å². The Kier molecular flexibility index (Phi) is 4.48. The maximum absolute atomic E-state index is 6.35. The van der Waals surface area contributed by atoms with Gasteiger partial charge in [0.25, 0.3) is 0 Å². The van der Waals surface area contributed by atoms with E-state index < -0.39 is 0 Å². The largest absolute Gasteiger partial charge is 0.113 e. The molecule has 0 aliphatic heterocycles. The van der Waals surface area contributed by atoms with E-state index in [4.69, 9.17) is 7.85 Å². The van der Waals surface area contributed by atoms with Crippen LogP contribution in [0, 0.1) is 6.92 Å². The van der Waals surface area contributed by atoms with Crippen molar-refractivity contribution in [1.82, 2.24) is 0 Å². The zero-order valence-electron chi connectivity index (χ0n) is 18.7. The zero-order valence-corrected chi connectivity index (χ0v) is 18.7. The third kappa shape index (κ3) is 2.99. The summed E-state index contributed by atoms with van der Waals surface area (Å²) in [5.74, 6) is 0. The van der Waals surface area contributed by atoms with Gasteiger partial charge < -0.3 is 0 Å². The molecule has 1 aliphatic carbocycles. The predicted octanol–water partition coefficient (Wildman–Crippen LogP) is 6.45. The lowest BCUT2D eigenvalue weighted by Gasteiger charge is -2.34. The highest BCUT2D eigenvalue weighted by Gasteiger charge is 2.45. The fraction of sp³-hybridized carbons (Fsp3) is 0.200. The Morgan fingerprint density at radius 1 is 0.645 bits per heavy atom. The Morgan fingerprint density at radius 3 is 1.87 bits per heavy atom. The highest BCUT2D eigenvalue weighted by atomic mass is 14.5. The van der Waals surface area contributed by atoms with Crippen LogP contribution in [0.5, 0.6) is 0 Å². The Hall–Kier alpha value is -3.06. The van der Waals surface area contributed by atoms with Crippen LogP contribution in [0.4, 0.5) is 0 Å². The van der Waals surface area contributed by atoms with Crippen molar-refractivity contribution in [3.05, 3.63) is 124 Å². The molecule has 0 fully saturated rings. The lowest BCUT2D eigenvalue weighted by molar-refractivity contribution is 0.589. The molecule has 0 heterocycles. The van der Waals surface area contributed by atoms with Gasteiger partial charge in [-0.1, -0.05) is 123 Å². The van der Waals surface area contributed by atoms with E-state index in [1.165, 1.54) is 44.5 Å². The summed E-state index contributed by atoms with van der Waals surface area (Å²) in [5.41, 5.74) is 10.8. The summed E-state index contributed by atoms with van der Waals surface area (Å²) in [4.78, 5) is 0. The van der Waals surface area contributed by atoms with E-state index in [-0.39, 0.29) is 10.8 Å². The van der Waals surface area contributed by atoms with Crippen molar-refractivity contribution in [2.75, 3.05) is 0 Å². The van der Waals surface area contributed by atoms with E-state index in [0.717, 1.165) is 5.46 Å². The van der Waals surface area contributed by atoms with Crippen LogP contribution in [-0.4, -0.2) is 7.85 Å². The molecule has 1 atom stereocenters. The normalized spacial score (nSPS) is 17.3. The molecule has 1 aliphatic rings. The molecule has 1 unspecified atom stereocenters. The van der Waals surface area contributed by atoms with E-state index >= 15 is 0 Å². The molecular formula is C30H27B. The van der Waals surface area contributed by atoms with Crippen molar-refractivity contribution in [3.8, 4) is 11.1 Å². The molecule has 31 heavy (non-hydrogen) atoms. The van der Waals surface area contributed by atoms with Gasteiger partial charge in [-0.25, -0.2) is 0 Å². The minimum Gasteiger partial charge on any atom is -0.0963 e. The molecular weight excluding hydrogens is 371 g/mol. The van der Waals surface area contributed by atoms with E-state index in [1.807, 2.05) is 6.07 Å². The van der Waals surface area contributed by atoms with Gasteiger partial charge in [0.2, 0.25) is 0 Å². The second-order valence-corrected chi connectivity index (χ2v) is 9.79. The van der Waals surface area contributed by atoms with Crippen LogP contribution in [0.15, 0.2) is 91.0 Å². The molecule has 0 nitrogen and oxygen atoms in total. The van der Waals surface area contributed by atoms with Gasteiger partial charge >= 0.3 is 0 Å². The number of benzene rings is 4. The molecule has 0 N–H and O–H groups in total. The molecule has 2 radical (unpaired) electrons. The van der Waals surface area contributed by atoms with Crippen LogP contribution in [0.25, 0.3) is 11.1 Å². The lowest BCUT2D eigenvalue weighted by Crippen LogP contribution is -2.29. The van der Waals surface area contributed by atoms with Gasteiger partial charge in [-0.3, -0.25) is 0 Å². The standard InChI is InChI=1S/C30H27B/c1-20-9-11-22(12-10-20)30(23-15-13-21(14-16-23)29(2,3)4)27-8-6-5-7-25(27)26-18-17-24(31)19-28(26)30/h5-19H,1-4H3. The maximum Gasteiger partial charge on any atom is 0.113 e. The van der Waals surface area contributed by atoms with E-state index in [0.29, 0.717) is 0 Å². The summed E-state index contributed by atoms with van der Waals surface area (Å²) in [6, 6.07) is 33.4. The number of aryl methyl sites for hydroxylation is 1. The first-order valence-corrected chi connectivity index (χ1v) is 11.0. The summed E-state index contributed by atoms with van der Waals surface area (Å²) >= 11 is 0. The van der Waals surface area contributed by atoms with E-state index in [1.54, 1.807) is 0 Å². The molecule has 4 aromatic carbocycles. The van der Waals surface area contributed by atoms with Crippen LogP contribution in [-0.2, 0) is 10.8 Å². The average molecular weight is 398 g/mol. The highest BCUT2D eigenvalue weighted by Crippen LogP contribution is 2.55. The minimum atomic E-state index is -0.384. The number of fused-ring (bicyclic) bond motifs is 3. The van der Waals surface area contributed by atoms with Crippen molar-refractivity contribution in [1.29, 1.82) is 0 Å². The third-order valence-electron chi connectivity index (χ3n) is 6.74. The second-order valence-electron chi connectivity index (χ2n) is 9.79. The molecule has 0 bridgehead atoms. The van der Waals surface area contributed by atoms with Crippen LogP contribution < -0.4 is 5.46 Å². The summed E-state index contributed by atoms with van der Waals surface area (Å²) in [6.07, 6.45) is 0. The second kappa shape index (κ2) is 6.99. The van der Waals surface area contributed by atoms with Gasteiger partial charge in [0.05, 0.1) is 5.41 Å². The lowest BCUT2D eigenvalue weighted by atomic mass is 9.66. The summed E-state index contributed by atoms with van der Waals surface area (Å²) < 4.78 is 0. The third-order valence-corrected chi connectivity index (χ3v) is 6.74. The van der Waals surface area contributed by atoms with Crippen molar-refractivity contribution in [2.45, 2.75) is 38.5 Å². The van der Waals surface area contributed by atoms with E-state index in [9.17, 15) is 0 Å². The minimum absolute atomic E-state index is 0.117. The molecule has 4 aromatic rings. The Labute approximate surface area is 187 Å². The molecule has 150 valence electrons. The smallest absolute Gasteiger partial charge is 0.0963 e. The SMILES string of the molecule is [B]c1ccc2c(c1)C(c1ccc(C)cc1)(c1ccc(C(C)(C)C)cc1)c1ccccc1-2. The highest BCUT2D eigenvalue weighted by molar-refractivity contribution is 6.32. The number of hydrogen-bond donors (Lipinski definition) is 0. The summed E-state index contributed by atoms with van der Waals surface area (Å²) in [7, 11) is 6.35. The first-order chi connectivity index (χ1) is 14.8. The average Bonchev–Trinajstić information content (AvgIpc) is 3.04. The molecule has 0 amide bonds. The van der Waals surface area contributed by atoms with Gasteiger partial charge in [0.1, 0.15) is 7.85 Å². The fourth-order valence-corrected chi connectivity index (χ4v) is 5.11. The quantitative estimate of drug-likeness (QED) is 0.300. The van der Waals surface area contributed by atoms with Crippen molar-refractivity contribution in [2.24, 2.45) is 0 Å². The molecule has 0 saturated heterocycles. The van der Waals surface area contributed by atoms with Crippen molar-refractivity contribution in [3.63, 3.8) is 0 Å².